The molecule has 0 aliphatic carbocycles. The lowest BCUT2D eigenvalue weighted by Gasteiger charge is -2.27. The van der Waals surface area contributed by atoms with E-state index >= 15 is 0 Å². The van der Waals surface area contributed by atoms with Crippen LogP contribution in [0.2, 0.25) is 0 Å². The monoisotopic (exact) mass is 178 g/mol. The SMILES string of the molecule is C[C@H](C[N+](C)(C)C)c1ccccc1. The molecule has 0 amide bonds. The topological polar surface area (TPSA) is 0 Å². The second-order valence-corrected chi connectivity index (χ2v) is 4.78. The van der Waals surface area contributed by atoms with Gasteiger partial charge >= 0.3 is 0 Å². The molecule has 0 bridgehead atoms. The van der Waals surface area contributed by atoms with Gasteiger partial charge in [0, 0.05) is 5.92 Å². The predicted molar refractivity (Wildman–Crippen MR) is 57.8 cm³/mol. The van der Waals surface area contributed by atoms with Crippen LogP contribution in [0.15, 0.2) is 30.3 Å². The normalized spacial score (nSPS) is 14.2. The molecule has 0 spiro atoms. The maximum atomic E-state index is 2.29. The van der Waals surface area contributed by atoms with Crippen molar-refractivity contribution in [1.82, 2.24) is 0 Å². The van der Waals surface area contributed by atoms with E-state index in [0.717, 1.165) is 4.48 Å². The first-order valence-corrected chi connectivity index (χ1v) is 4.84. The van der Waals surface area contributed by atoms with Crippen molar-refractivity contribution in [1.29, 1.82) is 0 Å². The van der Waals surface area contributed by atoms with Gasteiger partial charge in [-0.2, -0.15) is 0 Å². The average Bonchev–Trinajstić information content (AvgIpc) is 2.03. The van der Waals surface area contributed by atoms with Gasteiger partial charge in [-0.05, 0) is 5.56 Å². The van der Waals surface area contributed by atoms with E-state index in [0.29, 0.717) is 5.92 Å². The summed E-state index contributed by atoms with van der Waals surface area (Å²) >= 11 is 0. The average molecular weight is 178 g/mol. The third-order valence-corrected chi connectivity index (χ3v) is 2.19. The first-order valence-electron chi connectivity index (χ1n) is 4.84. The Bertz CT molecular complexity index is 246. The minimum absolute atomic E-state index is 0.640. The van der Waals surface area contributed by atoms with Gasteiger partial charge in [-0.1, -0.05) is 37.3 Å². The summed E-state index contributed by atoms with van der Waals surface area (Å²) in [6.45, 7) is 3.48. The van der Waals surface area contributed by atoms with Crippen LogP contribution in [-0.2, 0) is 0 Å². The molecule has 0 aliphatic heterocycles. The molecule has 1 nitrogen and oxygen atoms in total. The van der Waals surface area contributed by atoms with Crippen LogP contribution in [0.3, 0.4) is 0 Å². The van der Waals surface area contributed by atoms with Gasteiger partial charge in [0.25, 0.3) is 0 Å². The van der Waals surface area contributed by atoms with Gasteiger partial charge in [0.1, 0.15) is 0 Å². The zero-order valence-corrected chi connectivity index (χ0v) is 9.12. The number of hydrogen-bond donors (Lipinski definition) is 0. The highest BCUT2D eigenvalue weighted by atomic mass is 15.3. The van der Waals surface area contributed by atoms with Crippen LogP contribution in [0.1, 0.15) is 18.4 Å². The van der Waals surface area contributed by atoms with E-state index < -0.39 is 0 Å². The second kappa shape index (κ2) is 3.93. The molecule has 72 valence electrons. The van der Waals surface area contributed by atoms with Crippen molar-refractivity contribution in [3.63, 3.8) is 0 Å². The van der Waals surface area contributed by atoms with E-state index in [-0.39, 0.29) is 0 Å². The Kier molecular flexibility index (Phi) is 3.10. The van der Waals surface area contributed by atoms with E-state index in [4.69, 9.17) is 0 Å². The van der Waals surface area contributed by atoms with Crippen molar-refractivity contribution in [2.75, 3.05) is 27.7 Å². The number of nitrogens with zero attached hydrogens (tertiary/aromatic N) is 1. The Morgan fingerprint density at radius 3 is 2.08 bits per heavy atom. The first-order chi connectivity index (χ1) is 5.99. The third-order valence-electron chi connectivity index (χ3n) is 2.19. The maximum absolute atomic E-state index is 2.29. The van der Waals surface area contributed by atoms with E-state index in [1.54, 1.807) is 0 Å². The molecule has 1 heteroatoms. The van der Waals surface area contributed by atoms with Gasteiger partial charge in [0.05, 0.1) is 27.7 Å². The molecular formula is C12H20N+. The zero-order chi connectivity index (χ0) is 9.90. The van der Waals surface area contributed by atoms with E-state index in [1.165, 1.54) is 12.1 Å². The van der Waals surface area contributed by atoms with Gasteiger partial charge in [0.15, 0.2) is 0 Å². The molecule has 0 fully saturated rings. The van der Waals surface area contributed by atoms with Crippen molar-refractivity contribution in [2.45, 2.75) is 12.8 Å². The summed E-state index contributed by atoms with van der Waals surface area (Å²) in [5.74, 6) is 0.640. The Labute approximate surface area is 81.6 Å². The van der Waals surface area contributed by atoms with Crippen LogP contribution in [0.4, 0.5) is 0 Å². The molecule has 0 heterocycles. The molecule has 0 saturated carbocycles. The molecule has 0 radical (unpaired) electrons. The van der Waals surface area contributed by atoms with Crippen molar-refractivity contribution in [3.8, 4) is 0 Å². The summed E-state index contributed by atoms with van der Waals surface area (Å²) in [5.41, 5.74) is 1.44. The molecule has 1 aromatic carbocycles. The first kappa shape index (κ1) is 10.3. The van der Waals surface area contributed by atoms with Crippen molar-refractivity contribution < 1.29 is 4.48 Å². The largest absolute Gasteiger partial charge is 0.330 e. The lowest BCUT2D eigenvalue weighted by atomic mass is 10.0. The Morgan fingerprint density at radius 2 is 1.62 bits per heavy atom. The molecular weight excluding hydrogens is 158 g/mol. The van der Waals surface area contributed by atoms with Crippen molar-refractivity contribution in [2.24, 2.45) is 0 Å². The second-order valence-electron chi connectivity index (χ2n) is 4.78. The van der Waals surface area contributed by atoms with Crippen LogP contribution < -0.4 is 0 Å². The van der Waals surface area contributed by atoms with Crippen molar-refractivity contribution in [3.05, 3.63) is 35.9 Å². The van der Waals surface area contributed by atoms with Gasteiger partial charge in [-0.25, -0.2) is 0 Å². The summed E-state index contributed by atoms with van der Waals surface area (Å²) in [4.78, 5) is 0. The highest BCUT2D eigenvalue weighted by Gasteiger charge is 2.14. The van der Waals surface area contributed by atoms with Crippen LogP contribution in [0, 0.1) is 0 Å². The summed E-state index contributed by atoms with van der Waals surface area (Å²) < 4.78 is 1.02. The fraction of sp³-hybridized carbons (Fsp3) is 0.500. The predicted octanol–water partition coefficient (Wildman–Crippen LogP) is 2.50. The number of hydrogen-bond acceptors (Lipinski definition) is 0. The van der Waals surface area contributed by atoms with E-state index in [2.05, 4.69) is 58.4 Å². The quantitative estimate of drug-likeness (QED) is 0.624. The van der Waals surface area contributed by atoms with E-state index in [1.807, 2.05) is 0 Å². The molecule has 0 unspecified atom stereocenters. The Morgan fingerprint density at radius 1 is 1.08 bits per heavy atom. The van der Waals surface area contributed by atoms with Gasteiger partial charge in [-0.3, -0.25) is 0 Å². The highest BCUT2D eigenvalue weighted by Crippen LogP contribution is 2.16. The molecule has 1 aromatic rings. The standard InChI is InChI=1S/C12H20N/c1-11(10-13(2,3)4)12-8-6-5-7-9-12/h5-9,11H,10H2,1-4H3/q+1/t11-/m1/s1. The van der Waals surface area contributed by atoms with Crippen LogP contribution in [0.5, 0.6) is 0 Å². The summed E-state index contributed by atoms with van der Waals surface area (Å²) in [6, 6.07) is 10.7. The van der Waals surface area contributed by atoms with Crippen molar-refractivity contribution >= 4 is 0 Å². The number of rotatable bonds is 3. The molecule has 1 atom stereocenters. The lowest BCUT2D eigenvalue weighted by molar-refractivity contribution is -0.871. The number of quaternary nitrogens is 1. The summed E-state index contributed by atoms with van der Waals surface area (Å²) in [5, 5.41) is 0. The van der Waals surface area contributed by atoms with Gasteiger partial charge in [-0.15, -0.1) is 0 Å². The number of benzene rings is 1. The fourth-order valence-corrected chi connectivity index (χ4v) is 1.71. The molecule has 13 heavy (non-hydrogen) atoms. The van der Waals surface area contributed by atoms with E-state index in [9.17, 15) is 0 Å². The summed E-state index contributed by atoms with van der Waals surface area (Å²) in [7, 11) is 6.71. The van der Waals surface area contributed by atoms with Crippen LogP contribution in [0.25, 0.3) is 0 Å². The van der Waals surface area contributed by atoms with Gasteiger partial charge < -0.3 is 4.48 Å². The minimum atomic E-state index is 0.640. The zero-order valence-electron chi connectivity index (χ0n) is 9.12. The molecule has 0 saturated heterocycles. The van der Waals surface area contributed by atoms with Gasteiger partial charge in [0.2, 0.25) is 0 Å². The molecule has 0 N–H and O–H groups in total. The molecule has 1 rings (SSSR count). The summed E-state index contributed by atoms with van der Waals surface area (Å²) in [6.07, 6.45) is 0. The minimum Gasteiger partial charge on any atom is -0.330 e. The fourth-order valence-electron chi connectivity index (χ4n) is 1.71. The lowest BCUT2D eigenvalue weighted by Crippen LogP contribution is -2.37. The molecule has 0 aliphatic rings. The smallest absolute Gasteiger partial charge is 0.0847 e. The highest BCUT2D eigenvalue weighted by molar-refractivity contribution is 5.18. The van der Waals surface area contributed by atoms with Crippen LogP contribution >= 0.6 is 0 Å². The maximum Gasteiger partial charge on any atom is 0.0847 e. The van der Waals surface area contributed by atoms with Crippen LogP contribution in [-0.4, -0.2) is 32.2 Å². The third kappa shape index (κ3) is 3.60. The number of likely N-dealkylation sites (N-methyl/N-ethyl adjacent to an activating group) is 1. The Hall–Kier alpha value is -0.820. The Balaban J connectivity index is 2.64. The molecule has 0 aromatic heterocycles.